The molecule has 2 heterocycles. The summed E-state index contributed by atoms with van der Waals surface area (Å²) in [5.74, 6) is 0.372. The topological polar surface area (TPSA) is 67.4 Å². The SMILES string of the molecule is O=C(CN1CCC(COc2cnccn2)C1)Nc1cccc(C(F)(F)F)c1. The molecule has 0 saturated carbocycles. The van der Waals surface area contributed by atoms with Gasteiger partial charge in [-0.2, -0.15) is 13.2 Å². The zero-order valence-electron chi connectivity index (χ0n) is 14.4. The third kappa shape index (κ3) is 5.65. The number of halogens is 3. The number of benzene rings is 1. The largest absolute Gasteiger partial charge is 0.476 e. The fourth-order valence-corrected chi connectivity index (χ4v) is 2.93. The third-order valence-corrected chi connectivity index (χ3v) is 4.22. The van der Waals surface area contributed by atoms with Crippen LogP contribution in [0.3, 0.4) is 0 Å². The predicted molar refractivity (Wildman–Crippen MR) is 92.1 cm³/mol. The van der Waals surface area contributed by atoms with E-state index in [9.17, 15) is 18.0 Å². The van der Waals surface area contributed by atoms with Crippen molar-refractivity contribution in [3.63, 3.8) is 0 Å². The molecule has 0 radical (unpaired) electrons. The fourth-order valence-electron chi connectivity index (χ4n) is 2.93. The van der Waals surface area contributed by atoms with E-state index in [1.54, 1.807) is 12.4 Å². The van der Waals surface area contributed by atoms with Crippen molar-refractivity contribution in [2.75, 3.05) is 31.6 Å². The van der Waals surface area contributed by atoms with Gasteiger partial charge < -0.3 is 10.1 Å². The standard InChI is InChI=1S/C18H19F3N4O2/c19-18(20,21)14-2-1-3-15(8-14)24-16(26)11-25-7-4-13(10-25)12-27-17-9-22-5-6-23-17/h1-3,5-6,8-9,13H,4,7,10-12H2,(H,24,26). The lowest BCUT2D eigenvalue weighted by Gasteiger charge is -2.16. The van der Waals surface area contributed by atoms with Crippen molar-refractivity contribution in [2.45, 2.75) is 12.6 Å². The Kier molecular flexibility index (Phi) is 5.90. The van der Waals surface area contributed by atoms with Crippen molar-refractivity contribution in [2.24, 2.45) is 5.92 Å². The van der Waals surface area contributed by atoms with Crippen LogP contribution >= 0.6 is 0 Å². The Morgan fingerprint density at radius 2 is 2.19 bits per heavy atom. The van der Waals surface area contributed by atoms with E-state index in [-0.39, 0.29) is 24.1 Å². The minimum atomic E-state index is -4.44. The van der Waals surface area contributed by atoms with Crippen LogP contribution in [-0.4, -0.2) is 47.0 Å². The number of ether oxygens (including phenoxy) is 1. The molecule has 1 N–H and O–H groups in total. The molecule has 9 heteroatoms. The first-order valence-electron chi connectivity index (χ1n) is 8.48. The van der Waals surface area contributed by atoms with Crippen LogP contribution in [0, 0.1) is 5.92 Å². The molecule has 1 saturated heterocycles. The highest BCUT2D eigenvalue weighted by Gasteiger charge is 2.30. The lowest BCUT2D eigenvalue weighted by Crippen LogP contribution is -2.32. The zero-order chi connectivity index (χ0) is 19.3. The second kappa shape index (κ2) is 8.34. The number of aromatic nitrogens is 2. The molecule has 1 aliphatic heterocycles. The molecule has 6 nitrogen and oxygen atoms in total. The normalized spacial score (nSPS) is 17.7. The minimum Gasteiger partial charge on any atom is -0.476 e. The monoisotopic (exact) mass is 380 g/mol. The number of carbonyl (C=O) groups is 1. The van der Waals surface area contributed by atoms with Crippen LogP contribution in [0.2, 0.25) is 0 Å². The van der Waals surface area contributed by atoms with Crippen molar-refractivity contribution in [3.8, 4) is 5.88 Å². The number of anilines is 1. The van der Waals surface area contributed by atoms with Gasteiger partial charge in [0.05, 0.1) is 24.9 Å². The van der Waals surface area contributed by atoms with Gasteiger partial charge in [-0.25, -0.2) is 4.98 Å². The van der Waals surface area contributed by atoms with Crippen LogP contribution in [-0.2, 0) is 11.0 Å². The highest BCUT2D eigenvalue weighted by atomic mass is 19.4. The second-order valence-corrected chi connectivity index (χ2v) is 6.37. The van der Waals surface area contributed by atoms with Gasteiger partial charge in [-0.1, -0.05) is 6.07 Å². The van der Waals surface area contributed by atoms with Crippen molar-refractivity contribution >= 4 is 11.6 Å². The van der Waals surface area contributed by atoms with Crippen LogP contribution in [0.4, 0.5) is 18.9 Å². The van der Waals surface area contributed by atoms with E-state index in [1.807, 2.05) is 4.90 Å². The Labute approximate surface area is 154 Å². The number of amides is 1. The van der Waals surface area contributed by atoms with E-state index in [0.29, 0.717) is 19.0 Å². The molecule has 144 valence electrons. The Bertz CT molecular complexity index is 771. The number of likely N-dealkylation sites (tertiary alicyclic amines) is 1. The summed E-state index contributed by atoms with van der Waals surface area (Å²) in [6.07, 6.45) is 1.08. The van der Waals surface area contributed by atoms with E-state index >= 15 is 0 Å². The molecule has 1 unspecified atom stereocenters. The highest BCUT2D eigenvalue weighted by Crippen LogP contribution is 2.30. The fraction of sp³-hybridized carbons (Fsp3) is 0.389. The molecule has 1 aromatic heterocycles. The van der Waals surface area contributed by atoms with Crippen molar-refractivity contribution in [1.29, 1.82) is 0 Å². The van der Waals surface area contributed by atoms with Gasteiger partial charge in [0.1, 0.15) is 0 Å². The van der Waals surface area contributed by atoms with Crippen molar-refractivity contribution < 1.29 is 22.7 Å². The Hall–Kier alpha value is -2.68. The summed E-state index contributed by atoms with van der Waals surface area (Å²) >= 11 is 0. The maximum absolute atomic E-state index is 12.7. The number of alkyl halides is 3. The van der Waals surface area contributed by atoms with Crippen molar-refractivity contribution in [3.05, 3.63) is 48.4 Å². The second-order valence-electron chi connectivity index (χ2n) is 6.37. The first kappa shape index (κ1) is 19.1. The van der Waals surface area contributed by atoms with E-state index in [2.05, 4.69) is 15.3 Å². The highest BCUT2D eigenvalue weighted by molar-refractivity contribution is 5.92. The number of carbonyl (C=O) groups excluding carboxylic acids is 1. The molecular formula is C18H19F3N4O2. The molecule has 3 rings (SSSR count). The summed E-state index contributed by atoms with van der Waals surface area (Å²) in [5, 5.41) is 2.52. The van der Waals surface area contributed by atoms with Gasteiger partial charge in [-0.3, -0.25) is 14.7 Å². The quantitative estimate of drug-likeness (QED) is 0.835. The number of rotatable bonds is 6. The van der Waals surface area contributed by atoms with Gasteiger partial charge in [0.25, 0.3) is 0 Å². The summed E-state index contributed by atoms with van der Waals surface area (Å²) in [4.78, 5) is 22.0. The molecule has 2 aromatic rings. The molecule has 1 amide bonds. The molecule has 0 spiro atoms. The molecule has 1 atom stereocenters. The van der Waals surface area contributed by atoms with Gasteiger partial charge >= 0.3 is 6.18 Å². The minimum absolute atomic E-state index is 0.123. The number of nitrogens with zero attached hydrogens (tertiary/aromatic N) is 3. The average molecular weight is 380 g/mol. The summed E-state index contributed by atoms with van der Waals surface area (Å²) < 4.78 is 43.8. The van der Waals surface area contributed by atoms with Gasteiger partial charge in [0.15, 0.2) is 0 Å². The molecular weight excluding hydrogens is 361 g/mol. The first-order valence-corrected chi connectivity index (χ1v) is 8.48. The molecule has 0 aliphatic carbocycles. The molecule has 27 heavy (non-hydrogen) atoms. The molecule has 0 bridgehead atoms. The average Bonchev–Trinajstić information content (AvgIpc) is 3.07. The maximum Gasteiger partial charge on any atom is 0.416 e. The summed E-state index contributed by atoms with van der Waals surface area (Å²) in [6.45, 7) is 2.00. The Morgan fingerprint density at radius 3 is 2.93 bits per heavy atom. The Morgan fingerprint density at radius 1 is 1.33 bits per heavy atom. The van der Waals surface area contributed by atoms with Crippen LogP contribution in [0.15, 0.2) is 42.9 Å². The lowest BCUT2D eigenvalue weighted by atomic mass is 10.1. The smallest absolute Gasteiger partial charge is 0.416 e. The number of hydrogen-bond acceptors (Lipinski definition) is 5. The molecule has 1 aromatic carbocycles. The molecule has 1 fully saturated rings. The van der Waals surface area contributed by atoms with Crippen LogP contribution in [0.5, 0.6) is 5.88 Å². The summed E-state index contributed by atoms with van der Waals surface area (Å²) in [7, 11) is 0. The predicted octanol–water partition coefficient (Wildman–Crippen LogP) is 2.83. The van der Waals surface area contributed by atoms with Crippen LogP contribution < -0.4 is 10.1 Å². The van der Waals surface area contributed by atoms with E-state index in [1.165, 1.54) is 18.3 Å². The number of nitrogens with one attached hydrogen (secondary N) is 1. The molecule has 1 aliphatic rings. The van der Waals surface area contributed by atoms with E-state index in [0.717, 1.165) is 25.1 Å². The van der Waals surface area contributed by atoms with Crippen LogP contribution in [0.25, 0.3) is 0 Å². The zero-order valence-corrected chi connectivity index (χ0v) is 14.4. The van der Waals surface area contributed by atoms with Crippen LogP contribution in [0.1, 0.15) is 12.0 Å². The van der Waals surface area contributed by atoms with E-state index < -0.39 is 11.7 Å². The first-order chi connectivity index (χ1) is 12.9. The van der Waals surface area contributed by atoms with Crippen molar-refractivity contribution in [1.82, 2.24) is 14.9 Å². The number of hydrogen-bond donors (Lipinski definition) is 1. The summed E-state index contributed by atoms with van der Waals surface area (Å²) in [5.41, 5.74) is -0.653. The van der Waals surface area contributed by atoms with E-state index in [4.69, 9.17) is 4.74 Å². The van der Waals surface area contributed by atoms with Gasteiger partial charge in [0, 0.05) is 30.5 Å². The maximum atomic E-state index is 12.7. The Balaban J connectivity index is 1.45. The summed E-state index contributed by atoms with van der Waals surface area (Å²) in [6, 6.07) is 4.61. The third-order valence-electron chi connectivity index (χ3n) is 4.22. The van der Waals surface area contributed by atoms with Gasteiger partial charge in [0.2, 0.25) is 11.8 Å². The van der Waals surface area contributed by atoms with Gasteiger partial charge in [-0.05, 0) is 31.2 Å². The lowest BCUT2D eigenvalue weighted by molar-refractivity contribution is -0.137. The van der Waals surface area contributed by atoms with Gasteiger partial charge in [-0.15, -0.1) is 0 Å².